The third-order valence-electron chi connectivity index (χ3n) is 2.64. The molecule has 0 fully saturated rings. The number of aromatic carboxylic acids is 1. The highest BCUT2D eigenvalue weighted by molar-refractivity contribution is 5.90. The quantitative estimate of drug-likeness (QED) is 0.825. The Morgan fingerprint density at radius 3 is 2.56 bits per heavy atom. The number of hydrogen-bond acceptors (Lipinski definition) is 3. The van der Waals surface area contributed by atoms with E-state index >= 15 is 0 Å². The Kier molecular flexibility index (Phi) is 4.71. The van der Waals surface area contributed by atoms with Crippen LogP contribution in [0.4, 0.5) is 5.69 Å². The molecule has 0 spiro atoms. The maximum absolute atomic E-state index is 11.4. The van der Waals surface area contributed by atoms with Crippen LogP contribution >= 0.6 is 0 Å². The van der Waals surface area contributed by atoms with Gasteiger partial charge in [0.1, 0.15) is 0 Å². The minimum Gasteiger partial charge on any atom is -0.478 e. The summed E-state index contributed by atoms with van der Waals surface area (Å²) in [5.41, 5.74) is 1.79. The lowest BCUT2D eigenvalue weighted by atomic mass is 10.1. The molecule has 0 heterocycles. The summed E-state index contributed by atoms with van der Waals surface area (Å²) in [6, 6.07) is 5.03. The van der Waals surface area contributed by atoms with E-state index in [1.165, 1.54) is 0 Å². The van der Waals surface area contributed by atoms with Gasteiger partial charge in [-0.3, -0.25) is 4.79 Å². The van der Waals surface area contributed by atoms with Gasteiger partial charge in [0.25, 0.3) is 0 Å². The van der Waals surface area contributed by atoms with E-state index in [0.29, 0.717) is 12.1 Å². The number of benzene rings is 1. The molecule has 0 aliphatic carbocycles. The average molecular weight is 250 g/mol. The van der Waals surface area contributed by atoms with E-state index in [9.17, 15) is 9.59 Å². The summed E-state index contributed by atoms with van der Waals surface area (Å²) in [4.78, 5) is 24.1. The number of nitrogens with zero attached hydrogens (tertiary/aromatic N) is 1. The minimum atomic E-state index is -0.939. The average Bonchev–Trinajstić information content (AvgIpc) is 2.28. The molecule has 1 aromatic rings. The number of aryl methyl sites for hydroxylation is 1. The van der Waals surface area contributed by atoms with Crippen molar-refractivity contribution in [3.05, 3.63) is 29.3 Å². The van der Waals surface area contributed by atoms with Crippen LogP contribution in [0.25, 0.3) is 0 Å². The molecule has 1 rings (SSSR count). The second-order valence-electron chi connectivity index (χ2n) is 4.11. The topological polar surface area (TPSA) is 69.6 Å². The van der Waals surface area contributed by atoms with Crippen molar-refractivity contribution in [1.29, 1.82) is 0 Å². The smallest absolute Gasteiger partial charge is 0.335 e. The molecular formula is C13H18N2O3. The van der Waals surface area contributed by atoms with Gasteiger partial charge in [-0.2, -0.15) is 0 Å². The molecule has 5 nitrogen and oxygen atoms in total. The van der Waals surface area contributed by atoms with Crippen LogP contribution < -0.4 is 10.2 Å². The Morgan fingerprint density at radius 1 is 1.39 bits per heavy atom. The van der Waals surface area contributed by atoms with Crippen molar-refractivity contribution in [3.8, 4) is 0 Å². The maximum Gasteiger partial charge on any atom is 0.335 e. The van der Waals surface area contributed by atoms with Gasteiger partial charge in [0, 0.05) is 19.3 Å². The van der Waals surface area contributed by atoms with Gasteiger partial charge < -0.3 is 15.3 Å². The SMILES string of the molecule is CCNC(=O)CN(C)c1ccc(C(=O)O)c(C)c1. The Hall–Kier alpha value is -2.04. The van der Waals surface area contributed by atoms with E-state index in [0.717, 1.165) is 5.69 Å². The van der Waals surface area contributed by atoms with Crippen LogP contribution in [0.15, 0.2) is 18.2 Å². The Bertz CT molecular complexity index is 458. The summed E-state index contributed by atoms with van der Waals surface area (Å²) in [5.74, 6) is -0.995. The standard InChI is InChI=1S/C13H18N2O3/c1-4-14-12(16)8-15(3)10-5-6-11(13(17)18)9(2)7-10/h5-7H,4,8H2,1-3H3,(H,14,16)(H,17,18). The molecule has 1 amide bonds. The molecule has 0 saturated carbocycles. The molecule has 98 valence electrons. The molecule has 0 unspecified atom stereocenters. The molecule has 0 atom stereocenters. The largest absolute Gasteiger partial charge is 0.478 e. The van der Waals surface area contributed by atoms with Crippen LogP contribution in [-0.4, -0.2) is 37.1 Å². The fourth-order valence-electron chi connectivity index (χ4n) is 1.69. The number of carbonyl (C=O) groups is 2. The lowest BCUT2D eigenvalue weighted by Gasteiger charge is -2.19. The van der Waals surface area contributed by atoms with Gasteiger partial charge in [-0.15, -0.1) is 0 Å². The Morgan fingerprint density at radius 2 is 2.06 bits per heavy atom. The van der Waals surface area contributed by atoms with Crippen molar-refractivity contribution < 1.29 is 14.7 Å². The van der Waals surface area contributed by atoms with Crippen LogP contribution in [0.3, 0.4) is 0 Å². The third-order valence-corrected chi connectivity index (χ3v) is 2.64. The van der Waals surface area contributed by atoms with Gasteiger partial charge in [0.2, 0.25) is 5.91 Å². The number of rotatable bonds is 5. The van der Waals surface area contributed by atoms with Gasteiger partial charge >= 0.3 is 5.97 Å². The molecule has 1 aromatic carbocycles. The van der Waals surface area contributed by atoms with Crippen molar-refractivity contribution >= 4 is 17.6 Å². The fourth-order valence-corrected chi connectivity index (χ4v) is 1.69. The van der Waals surface area contributed by atoms with E-state index in [4.69, 9.17) is 5.11 Å². The summed E-state index contributed by atoms with van der Waals surface area (Å²) in [5, 5.41) is 11.6. The molecule has 0 aliphatic rings. The minimum absolute atomic E-state index is 0.0556. The molecule has 0 aliphatic heterocycles. The highest BCUT2D eigenvalue weighted by atomic mass is 16.4. The molecule has 0 radical (unpaired) electrons. The van der Waals surface area contributed by atoms with E-state index < -0.39 is 5.97 Å². The second kappa shape index (κ2) is 6.05. The summed E-state index contributed by atoms with van der Waals surface area (Å²) in [7, 11) is 1.80. The zero-order valence-electron chi connectivity index (χ0n) is 10.9. The van der Waals surface area contributed by atoms with Crippen molar-refractivity contribution in [2.24, 2.45) is 0 Å². The molecular weight excluding hydrogens is 232 g/mol. The van der Waals surface area contributed by atoms with Gasteiger partial charge in [-0.05, 0) is 37.6 Å². The van der Waals surface area contributed by atoms with Crippen molar-refractivity contribution in [2.45, 2.75) is 13.8 Å². The summed E-state index contributed by atoms with van der Waals surface area (Å²) in [6.45, 7) is 4.46. The highest BCUT2D eigenvalue weighted by Crippen LogP contribution is 2.18. The predicted molar refractivity (Wildman–Crippen MR) is 70.1 cm³/mol. The van der Waals surface area contributed by atoms with Crippen LogP contribution in [0.5, 0.6) is 0 Å². The number of nitrogens with one attached hydrogen (secondary N) is 1. The van der Waals surface area contributed by atoms with Gasteiger partial charge in [0.15, 0.2) is 0 Å². The lowest BCUT2D eigenvalue weighted by molar-refractivity contribution is -0.119. The summed E-state index contributed by atoms with van der Waals surface area (Å²) in [6.07, 6.45) is 0. The molecule has 18 heavy (non-hydrogen) atoms. The molecule has 5 heteroatoms. The highest BCUT2D eigenvalue weighted by Gasteiger charge is 2.10. The van der Waals surface area contributed by atoms with Crippen molar-refractivity contribution in [1.82, 2.24) is 5.32 Å². The second-order valence-corrected chi connectivity index (χ2v) is 4.11. The summed E-state index contributed by atoms with van der Waals surface area (Å²) < 4.78 is 0. The molecule has 0 aromatic heterocycles. The molecule has 2 N–H and O–H groups in total. The number of carboxylic acid groups (broad SMARTS) is 1. The fraction of sp³-hybridized carbons (Fsp3) is 0.385. The first-order valence-corrected chi connectivity index (χ1v) is 5.77. The lowest BCUT2D eigenvalue weighted by Crippen LogP contribution is -2.35. The molecule has 0 saturated heterocycles. The first kappa shape index (κ1) is 14.0. The first-order chi connectivity index (χ1) is 8.45. The van der Waals surface area contributed by atoms with Crippen LogP contribution in [0, 0.1) is 6.92 Å². The zero-order chi connectivity index (χ0) is 13.7. The predicted octanol–water partition coefficient (Wildman–Crippen LogP) is 1.27. The van der Waals surface area contributed by atoms with E-state index in [1.54, 1.807) is 37.1 Å². The van der Waals surface area contributed by atoms with Crippen molar-refractivity contribution in [3.63, 3.8) is 0 Å². The maximum atomic E-state index is 11.4. The van der Waals surface area contributed by atoms with E-state index in [1.807, 2.05) is 6.92 Å². The number of likely N-dealkylation sites (N-methyl/N-ethyl adjacent to an activating group) is 2. The van der Waals surface area contributed by atoms with Crippen LogP contribution in [-0.2, 0) is 4.79 Å². The van der Waals surface area contributed by atoms with E-state index in [-0.39, 0.29) is 18.0 Å². The summed E-state index contributed by atoms with van der Waals surface area (Å²) >= 11 is 0. The number of amides is 1. The van der Waals surface area contributed by atoms with Gasteiger partial charge in [-0.1, -0.05) is 0 Å². The molecule has 0 bridgehead atoms. The van der Waals surface area contributed by atoms with E-state index in [2.05, 4.69) is 5.32 Å². The number of hydrogen-bond donors (Lipinski definition) is 2. The monoisotopic (exact) mass is 250 g/mol. The van der Waals surface area contributed by atoms with Crippen LogP contribution in [0.1, 0.15) is 22.8 Å². The Labute approximate surface area is 106 Å². The number of carboxylic acids is 1. The normalized spacial score (nSPS) is 9.94. The van der Waals surface area contributed by atoms with Crippen LogP contribution in [0.2, 0.25) is 0 Å². The van der Waals surface area contributed by atoms with Crippen molar-refractivity contribution in [2.75, 3.05) is 25.0 Å². The number of carbonyl (C=O) groups excluding carboxylic acids is 1. The first-order valence-electron chi connectivity index (χ1n) is 5.77. The van der Waals surface area contributed by atoms with Gasteiger partial charge in [-0.25, -0.2) is 4.79 Å². The Balaban J connectivity index is 2.81. The zero-order valence-corrected chi connectivity index (χ0v) is 10.9. The van der Waals surface area contributed by atoms with Gasteiger partial charge in [0.05, 0.1) is 12.1 Å². The number of anilines is 1. The third kappa shape index (κ3) is 3.48.